The number of ether oxygens (including phenoxy) is 1. The van der Waals surface area contributed by atoms with E-state index in [1.54, 1.807) is 0 Å². The molecule has 8 heteroatoms. The van der Waals surface area contributed by atoms with Crippen LogP contribution in [0.3, 0.4) is 0 Å². The van der Waals surface area contributed by atoms with E-state index in [1.807, 2.05) is 31.2 Å². The molecule has 0 spiro atoms. The molecule has 2 aliphatic carbocycles. The average molecular weight is 483 g/mol. The number of carbonyl (C=O) groups excluding carboxylic acids is 2. The second kappa shape index (κ2) is 10.5. The van der Waals surface area contributed by atoms with Crippen LogP contribution in [0, 0.1) is 5.41 Å². The quantitative estimate of drug-likeness (QED) is 0.467. The van der Waals surface area contributed by atoms with Crippen molar-refractivity contribution < 1.29 is 24.2 Å². The predicted molar refractivity (Wildman–Crippen MR) is 132 cm³/mol. The van der Waals surface area contributed by atoms with Crippen LogP contribution in [0.5, 0.6) is 0 Å². The fourth-order valence-electron chi connectivity index (χ4n) is 5.05. The highest BCUT2D eigenvalue weighted by molar-refractivity contribution is 7.99. The van der Waals surface area contributed by atoms with Crippen molar-refractivity contribution in [1.82, 2.24) is 10.6 Å². The first-order valence-electron chi connectivity index (χ1n) is 11.6. The van der Waals surface area contributed by atoms with E-state index in [-0.39, 0.29) is 30.2 Å². The lowest BCUT2D eigenvalue weighted by Gasteiger charge is -2.30. The molecule has 34 heavy (non-hydrogen) atoms. The molecule has 7 nitrogen and oxygen atoms in total. The highest BCUT2D eigenvalue weighted by Crippen LogP contribution is 2.44. The SMILES string of the molecule is CC1(C(=O)NCCSCC(=O)O)CCCC1NC(=O)OCC1c2ccccc2-c2ccccc21. The molecule has 3 N–H and O–H groups in total. The zero-order valence-electron chi connectivity index (χ0n) is 19.2. The Morgan fingerprint density at radius 3 is 2.38 bits per heavy atom. The Balaban J connectivity index is 1.32. The van der Waals surface area contributed by atoms with Crippen molar-refractivity contribution in [2.24, 2.45) is 5.41 Å². The van der Waals surface area contributed by atoms with Crippen LogP contribution < -0.4 is 10.6 Å². The van der Waals surface area contributed by atoms with Crippen molar-refractivity contribution in [1.29, 1.82) is 0 Å². The van der Waals surface area contributed by atoms with Gasteiger partial charge in [0, 0.05) is 24.3 Å². The monoisotopic (exact) mass is 482 g/mol. The van der Waals surface area contributed by atoms with Gasteiger partial charge in [-0.05, 0) is 42.0 Å². The number of fused-ring (bicyclic) bond motifs is 3. The van der Waals surface area contributed by atoms with Crippen molar-refractivity contribution in [3.8, 4) is 11.1 Å². The molecule has 1 saturated carbocycles. The van der Waals surface area contributed by atoms with Crippen LogP contribution in [-0.4, -0.2) is 53.8 Å². The fraction of sp³-hybridized carbons (Fsp3) is 0.423. The van der Waals surface area contributed by atoms with Gasteiger partial charge in [0.25, 0.3) is 0 Å². The van der Waals surface area contributed by atoms with Crippen molar-refractivity contribution in [2.45, 2.75) is 38.1 Å². The van der Waals surface area contributed by atoms with Gasteiger partial charge in [-0.25, -0.2) is 4.79 Å². The first kappa shape index (κ1) is 24.1. The number of alkyl carbamates (subject to hydrolysis) is 1. The number of thioether (sulfide) groups is 1. The lowest BCUT2D eigenvalue weighted by atomic mass is 9.83. The number of hydrogen-bond acceptors (Lipinski definition) is 5. The predicted octanol–water partition coefficient (Wildman–Crippen LogP) is 4.02. The van der Waals surface area contributed by atoms with E-state index in [0.717, 1.165) is 17.5 Å². The van der Waals surface area contributed by atoms with Crippen LogP contribution in [0.15, 0.2) is 48.5 Å². The van der Waals surface area contributed by atoms with Crippen LogP contribution in [-0.2, 0) is 14.3 Å². The minimum absolute atomic E-state index is 0.0130. The number of hydrogen-bond donors (Lipinski definition) is 3. The molecule has 1 fully saturated rings. The summed E-state index contributed by atoms with van der Waals surface area (Å²) in [6.07, 6.45) is 1.72. The molecular weight excluding hydrogens is 452 g/mol. The number of aliphatic carboxylic acids is 1. The zero-order valence-corrected chi connectivity index (χ0v) is 20.0. The first-order valence-corrected chi connectivity index (χ1v) is 12.7. The van der Waals surface area contributed by atoms with E-state index in [2.05, 4.69) is 34.9 Å². The summed E-state index contributed by atoms with van der Waals surface area (Å²) in [5.74, 6) is -0.464. The highest BCUT2D eigenvalue weighted by Gasteiger charge is 2.45. The number of carbonyl (C=O) groups is 3. The van der Waals surface area contributed by atoms with Gasteiger partial charge in [0.15, 0.2) is 0 Å². The largest absolute Gasteiger partial charge is 0.481 e. The van der Waals surface area contributed by atoms with E-state index in [9.17, 15) is 14.4 Å². The summed E-state index contributed by atoms with van der Waals surface area (Å²) in [5.41, 5.74) is 3.94. The maximum Gasteiger partial charge on any atom is 0.407 e. The van der Waals surface area contributed by atoms with Crippen LogP contribution >= 0.6 is 11.8 Å². The normalized spacial score (nSPS) is 20.9. The van der Waals surface area contributed by atoms with Crippen molar-refractivity contribution in [3.05, 3.63) is 59.7 Å². The van der Waals surface area contributed by atoms with Crippen LogP contribution in [0.2, 0.25) is 0 Å². The van der Waals surface area contributed by atoms with Crippen molar-refractivity contribution in [3.63, 3.8) is 0 Å². The summed E-state index contributed by atoms with van der Waals surface area (Å²) in [6.45, 7) is 2.49. The lowest BCUT2D eigenvalue weighted by Crippen LogP contribution is -2.51. The third-order valence-electron chi connectivity index (χ3n) is 6.87. The molecule has 2 aromatic carbocycles. The minimum Gasteiger partial charge on any atom is -0.481 e. The Hall–Kier alpha value is -3.00. The minimum atomic E-state index is -0.869. The van der Waals surface area contributed by atoms with Crippen LogP contribution in [0.25, 0.3) is 11.1 Å². The van der Waals surface area contributed by atoms with E-state index in [0.29, 0.717) is 25.1 Å². The van der Waals surface area contributed by atoms with Crippen LogP contribution in [0.4, 0.5) is 4.79 Å². The number of carboxylic acid groups (broad SMARTS) is 1. The van der Waals surface area contributed by atoms with Gasteiger partial charge in [-0.2, -0.15) is 0 Å². The molecule has 2 atom stereocenters. The van der Waals surface area contributed by atoms with Gasteiger partial charge in [0.1, 0.15) is 6.61 Å². The van der Waals surface area contributed by atoms with E-state index in [1.165, 1.54) is 22.9 Å². The third-order valence-corrected chi connectivity index (χ3v) is 7.81. The Kier molecular flexibility index (Phi) is 7.46. The van der Waals surface area contributed by atoms with Gasteiger partial charge in [-0.1, -0.05) is 55.0 Å². The molecule has 4 rings (SSSR count). The molecule has 0 aromatic heterocycles. The van der Waals surface area contributed by atoms with E-state index < -0.39 is 17.5 Å². The summed E-state index contributed by atoms with van der Waals surface area (Å²) in [7, 11) is 0. The molecule has 0 bridgehead atoms. The maximum atomic E-state index is 12.9. The number of benzene rings is 2. The van der Waals surface area contributed by atoms with Gasteiger partial charge >= 0.3 is 12.1 Å². The first-order chi connectivity index (χ1) is 16.4. The number of amides is 2. The summed E-state index contributed by atoms with van der Waals surface area (Å²) < 4.78 is 5.67. The van der Waals surface area contributed by atoms with Gasteiger partial charge in [-0.15, -0.1) is 11.8 Å². The van der Waals surface area contributed by atoms with E-state index >= 15 is 0 Å². The highest BCUT2D eigenvalue weighted by atomic mass is 32.2. The molecule has 0 radical (unpaired) electrons. The van der Waals surface area contributed by atoms with Crippen molar-refractivity contribution >= 4 is 29.7 Å². The lowest BCUT2D eigenvalue weighted by molar-refractivity contribution is -0.134. The molecular formula is C26H30N2O5S. The molecule has 0 saturated heterocycles. The summed E-state index contributed by atoms with van der Waals surface area (Å²) in [4.78, 5) is 36.2. The molecule has 2 amide bonds. The van der Waals surface area contributed by atoms with Gasteiger partial charge in [0.2, 0.25) is 5.91 Å². The number of nitrogens with one attached hydrogen (secondary N) is 2. The number of carboxylic acids is 1. The Morgan fingerprint density at radius 2 is 1.74 bits per heavy atom. The molecule has 0 aliphatic heterocycles. The third kappa shape index (κ3) is 5.06. The second-order valence-electron chi connectivity index (χ2n) is 9.03. The van der Waals surface area contributed by atoms with Crippen molar-refractivity contribution in [2.75, 3.05) is 24.7 Å². The molecule has 2 aromatic rings. The smallest absolute Gasteiger partial charge is 0.407 e. The Morgan fingerprint density at radius 1 is 1.09 bits per heavy atom. The fourth-order valence-corrected chi connectivity index (χ4v) is 5.62. The van der Waals surface area contributed by atoms with E-state index in [4.69, 9.17) is 9.84 Å². The summed E-state index contributed by atoms with van der Waals surface area (Å²) >= 11 is 1.26. The van der Waals surface area contributed by atoms with Gasteiger partial charge < -0.3 is 20.5 Å². The van der Waals surface area contributed by atoms with Crippen LogP contribution in [0.1, 0.15) is 43.2 Å². The summed E-state index contributed by atoms with van der Waals surface area (Å²) in [5, 5.41) is 14.5. The molecule has 2 aliphatic rings. The second-order valence-corrected chi connectivity index (χ2v) is 10.1. The average Bonchev–Trinajstić information content (AvgIpc) is 3.35. The molecule has 0 heterocycles. The van der Waals surface area contributed by atoms with Gasteiger partial charge in [0.05, 0.1) is 11.2 Å². The number of rotatable bonds is 9. The topological polar surface area (TPSA) is 105 Å². The van der Waals surface area contributed by atoms with Gasteiger partial charge in [-0.3, -0.25) is 9.59 Å². The maximum absolute atomic E-state index is 12.9. The standard InChI is InChI=1S/C26H30N2O5S/c1-26(24(31)27-13-14-34-16-23(29)30)12-6-11-22(26)28-25(32)33-15-21-19-9-4-2-7-17(19)18-8-3-5-10-20(18)21/h2-5,7-10,21-22H,6,11-16H2,1H3,(H,27,31)(H,28,32)(H,29,30). The zero-order chi connectivity index (χ0) is 24.1. The molecule has 180 valence electrons. The Labute approximate surface area is 203 Å². The summed E-state index contributed by atoms with van der Waals surface area (Å²) in [6, 6.07) is 16.1. The molecule has 2 unspecified atom stereocenters. The Bertz CT molecular complexity index is 1030.